The predicted octanol–water partition coefficient (Wildman–Crippen LogP) is -0.512. The Morgan fingerprint density at radius 3 is 2.90 bits per heavy atom. The number of thioether (sulfide) groups is 1. The lowest BCUT2D eigenvalue weighted by Crippen LogP contribution is -2.58. The van der Waals surface area contributed by atoms with Crippen LogP contribution in [0.1, 0.15) is 6.42 Å². The number of hydrogen-bond donors (Lipinski definition) is 2. The van der Waals surface area contributed by atoms with Crippen molar-refractivity contribution in [1.82, 2.24) is 19.7 Å². The third-order valence-electron chi connectivity index (χ3n) is 3.36. The van der Waals surface area contributed by atoms with Gasteiger partial charge in [0.2, 0.25) is 5.91 Å². The second-order valence-corrected chi connectivity index (χ2v) is 5.70. The average molecular weight is 296 g/mol. The van der Waals surface area contributed by atoms with Gasteiger partial charge in [-0.15, -0.1) is 11.8 Å². The molecule has 0 aromatic carbocycles. The zero-order chi connectivity index (χ0) is 14.3. The summed E-state index contributed by atoms with van der Waals surface area (Å²) in [5, 5.41) is 22.1. The van der Waals surface area contributed by atoms with Gasteiger partial charge in [-0.3, -0.25) is 14.4 Å². The van der Waals surface area contributed by atoms with E-state index in [1.807, 2.05) is 0 Å². The number of nitrogens with zero attached hydrogens (tertiary/aromatic N) is 4. The summed E-state index contributed by atoms with van der Waals surface area (Å²) in [6, 6.07) is 0. The minimum Gasteiger partial charge on any atom is -0.477 e. The first kappa shape index (κ1) is 13.1. The number of rotatable bonds is 5. The molecule has 3 heterocycles. The van der Waals surface area contributed by atoms with Crippen LogP contribution in [-0.2, 0) is 16.1 Å². The van der Waals surface area contributed by atoms with E-state index in [2.05, 4.69) is 10.1 Å². The van der Waals surface area contributed by atoms with Crippen LogP contribution in [0.5, 0.6) is 0 Å². The molecule has 0 radical (unpaired) electrons. The van der Waals surface area contributed by atoms with Crippen LogP contribution in [0.15, 0.2) is 23.3 Å². The molecule has 20 heavy (non-hydrogen) atoms. The molecule has 2 aliphatic rings. The summed E-state index contributed by atoms with van der Waals surface area (Å²) < 4.78 is 1.61. The summed E-state index contributed by atoms with van der Waals surface area (Å²) in [5.74, 6) is -1.94. The second-order valence-electron chi connectivity index (χ2n) is 4.49. The van der Waals surface area contributed by atoms with E-state index in [1.54, 1.807) is 11.0 Å². The fourth-order valence-corrected chi connectivity index (χ4v) is 3.84. The highest BCUT2D eigenvalue weighted by Crippen LogP contribution is 2.50. The summed E-state index contributed by atoms with van der Waals surface area (Å²) in [7, 11) is 0. The van der Waals surface area contributed by atoms with Crippen molar-refractivity contribution in [1.29, 1.82) is 0 Å². The van der Waals surface area contributed by atoms with E-state index in [0.717, 1.165) is 0 Å². The number of aliphatic hydroxyl groups excluding tert-OH is 1. The molecule has 2 atom stereocenters. The number of amides is 1. The third-order valence-corrected chi connectivity index (χ3v) is 4.82. The normalized spacial score (nSPS) is 24.9. The number of carbonyl (C=O) groups is 2. The standard InChI is InChI=1S/C11H12N4O4S/c16-3-6-9(17)15-8(11(18)19)7(20-10(6)15)1-2-14-5-12-4-13-14/h4-6,10,16H,1-3H2,(H,18,19)/t6-,10+/m0/s1. The molecule has 106 valence electrons. The quantitative estimate of drug-likeness (QED) is 0.704. The van der Waals surface area contributed by atoms with Crippen LogP contribution >= 0.6 is 11.8 Å². The van der Waals surface area contributed by atoms with Gasteiger partial charge in [0.25, 0.3) is 0 Å². The fourth-order valence-electron chi connectivity index (χ4n) is 2.36. The minimum absolute atomic E-state index is 0.0369. The summed E-state index contributed by atoms with van der Waals surface area (Å²) >= 11 is 1.34. The van der Waals surface area contributed by atoms with Gasteiger partial charge in [0.1, 0.15) is 23.7 Å². The van der Waals surface area contributed by atoms with Gasteiger partial charge >= 0.3 is 5.97 Å². The Morgan fingerprint density at radius 1 is 1.50 bits per heavy atom. The first-order chi connectivity index (χ1) is 9.63. The first-order valence-electron chi connectivity index (χ1n) is 6.03. The Balaban J connectivity index is 1.78. The highest BCUT2D eigenvalue weighted by molar-refractivity contribution is 8.04. The summed E-state index contributed by atoms with van der Waals surface area (Å²) in [6.45, 7) is 0.244. The van der Waals surface area contributed by atoms with E-state index in [-0.39, 0.29) is 23.6 Å². The number of carbonyl (C=O) groups excluding carboxylic acids is 1. The third kappa shape index (κ3) is 1.90. The lowest BCUT2D eigenvalue weighted by Gasteiger charge is -2.41. The summed E-state index contributed by atoms with van der Waals surface area (Å²) in [5.41, 5.74) is 0.0369. The monoisotopic (exact) mass is 296 g/mol. The summed E-state index contributed by atoms with van der Waals surface area (Å²) in [4.78, 5) is 28.9. The van der Waals surface area contributed by atoms with E-state index in [4.69, 9.17) is 5.11 Å². The van der Waals surface area contributed by atoms with Crippen LogP contribution < -0.4 is 0 Å². The maximum absolute atomic E-state index is 11.8. The molecule has 0 spiro atoms. The number of allylic oxidation sites excluding steroid dienone is 1. The molecule has 9 heteroatoms. The lowest BCUT2D eigenvalue weighted by atomic mass is 9.98. The molecule has 0 aliphatic carbocycles. The van der Waals surface area contributed by atoms with Crippen LogP contribution in [0.4, 0.5) is 0 Å². The smallest absolute Gasteiger partial charge is 0.353 e. The second kappa shape index (κ2) is 4.91. The van der Waals surface area contributed by atoms with Gasteiger partial charge in [0, 0.05) is 17.9 Å². The molecule has 1 fully saturated rings. The number of hydrogen-bond acceptors (Lipinski definition) is 6. The van der Waals surface area contributed by atoms with Gasteiger partial charge in [-0.2, -0.15) is 5.10 Å². The number of aliphatic carboxylic acids is 1. The molecule has 2 aliphatic heterocycles. The number of carboxylic acids is 1. The molecular formula is C11H12N4O4S. The maximum atomic E-state index is 11.8. The van der Waals surface area contributed by atoms with Gasteiger partial charge < -0.3 is 10.2 Å². The SMILES string of the molecule is O=C(O)C1=C(CCn2cncn2)S[C@@H]2[C@@H](CO)C(=O)N12. The molecule has 0 bridgehead atoms. The van der Waals surface area contributed by atoms with Gasteiger partial charge in [-0.1, -0.05) is 0 Å². The molecule has 1 aromatic heterocycles. The Morgan fingerprint density at radius 2 is 2.30 bits per heavy atom. The highest BCUT2D eigenvalue weighted by atomic mass is 32.2. The Labute approximate surface area is 118 Å². The molecule has 0 saturated carbocycles. The highest BCUT2D eigenvalue weighted by Gasteiger charge is 2.55. The van der Waals surface area contributed by atoms with E-state index in [9.17, 15) is 14.7 Å². The maximum Gasteiger partial charge on any atom is 0.353 e. The number of aromatic nitrogens is 3. The fraction of sp³-hybridized carbons (Fsp3) is 0.455. The lowest BCUT2D eigenvalue weighted by molar-refractivity contribution is -0.153. The number of β-lactam (4-membered cyclic amide) rings is 1. The van der Waals surface area contributed by atoms with Gasteiger partial charge in [-0.25, -0.2) is 9.78 Å². The number of fused-ring (bicyclic) bond motifs is 1. The molecular weight excluding hydrogens is 284 g/mol. The van der Waals surface area contributed by atoms with Crippen molar-refractivity contribution >= 4 is 23.6 Å². The van der Waals surface area contributed by atoms with Crippen molar-refractivity contribution in [2.45, 2.75) is 18.3 Å². The molecule has 1 saturated heterocycles. The largest absolute Gasteiger partial charge is 0.477 e. The average Bonchev–Trinajstić information content (AvgIpc) is 3.02. The minimum atomic E-state index is -1.11. The van der Waals surface area contributed by atoms with Crippen LogP contribution in [0.2, 0.25) is 0 Å². The zero-order valence-electron chi connectivity index (χ0n) is 10.3. The Kier molecular flexibility index (Phi) is 3.22. The van der Waals surface area contributed by atoms with Crippen molar-refractivity contribution in [3.8, 4) is 0 Å². The van der Waals surface area contributed by atoms with Crippen LogP contribution in [0, 0.1) is 5.92 Å². The molecule has 1 amide bonds. The van der Waals surface area contributed by atoms with Crippen LogP contribution in [-0.4, -0.2) is 53.7 Å². The number of carboxylic acid groups (broad SMARTS) is 1. The van der Waals surface area contributed by atoms with Crippen molar-refractivity contribution in [3.63, 3.8) is 0 Å². The van der Waals surface area contributed by atoms with Gasteiger partial charge in [0.05, 0.1) is 12.5 Å². The number of aliphatic hydroxyl groups is 1. The molecule has 3 rings (SSSR count). The van der Waals surface area contributed by atoms with Crippen molar-refractivity contribution in [3.05, 3.63) is 23.3 Å². The first-order valence-corrected chi connectivity index (χ1v) is 6.91. The van der Waals surface area contributed by atoms with Crippen LogP contribution in [0.25, 0.3) is 0 Å². The molecule has 2 N–H and O–H groups in total. The molecule has 1 aromatic rings. The van der Waals surface area contributed by atoms with Crippen molar-refractivity contribution in [2.24, 2.45) is 5.92 Å². The number of aryl methyl sites for hydroxylation is 1. The topological polar surface area (TPSA) is 109 Å². The van der Waals surface area contributed by atoms with E-state index in [1.165, 1.54) is 23.0 Å². The Hall–Kier alpha value is -1.87. The van der Waals surface area contributed by atoms with Crippen molar-refractivity contribution in [2.75, 3.05) is 6.61 Å². The van der Waals surface area contributed by atoms with E-state index < -0.39 is 11.9 Å². The van der Waals surface area contributed by atoms with E-state index >= 15 is 0 Å². The van der Waals surface area contributed by atoms with Gasteiger partial charge in [-0.05, 0) is 0 Å². The van der Waals surface area contributed by atoms with Gasteiger partial charge in [0.15, 0.2) is 0 Å². The Bertz CT molecular complexity index is 585. The zero-order valence-corrected chi connectivity index (χ0v) is 11.2. The summed E-state index contributed by atoms with van der Waals surface area (Å²) in [6.07, 6.45) is 3.43. The van der Waals surface area contributed by atoms with Crippen LogP contribution in [0.3, 0.4) is 0 Å². The predicted molar refractivity (Wildman–Crippen MR) is 68.1 cm³/mol. The van der Waals surface area contributed by atoms with E-state index in [0.29, 0.717) is 17.9 Å². The van der Waals surface area contributed by atoms with Crippen molar-refractivity contribution < 1.29 is 19.8 Å². The molecule has 0 unspecified atom stereocenters. The molecule has 8 nitrogen and oxygen atoms in total.